The number of benzene rings is 4. The van der Waals surface area contributed by atoms with Crippen molar-refractivity contribution in [3.8, 4) is 56.3 Å². The molecule has 1 aliphatic rings. The molecule has 6 heteroatoms. The summed E-state index contributed by atoms with van der Waals surface area (Å²) in [5.41, 5.74) is 13.3. The van der Waals surface area contributed by atoms with Gasteiger partial charge in [-0.25, -0.2) is 4.98 Å². The van der Waals surface area contributed by atoms with Gasteiger partial charge in [0.1, 0.15) is 11.4 Å². The van der Waals surface area contributed by atoms with Gasteiger partial charge in [0.25, 0.3) is 0 Å². The van der Waals surface area contributed by atoms with Crippen molar-refractivity contribution >= 4 is 43.7 Å². The van der Waals surface area contributed by atoms with Crippen LogP contribution in [-0.4, -0.2) is 24.1 Å². The highest BCUT2D eigenvalue weighted by Crippen LogP contribution is 2.47. The third kappa shape index (κ3) is 3.62. The highest BCUT2D eigenvalue weighted by molar-refractivity contribution is 6.12. The molecule has 49 heavy (non-hydrogen) atoms. The third-order valence-electron chi connectivity index (χ3n) is 9.94. The summed E-state index contributed by atoms with van der Waals surface area (Å²) in [6, 6.07) is 45.0. The lowest BCUT2D eigenvalue weighted by Gasteiger charge is -2.20. The summed E-state index contributed by atoms with van der Waals surface area (Å²) in [5.74, 6) is 0.831. The number of fused-ring (bicyclic) bond motifs is 14. The fourth-order valence-electron chi connectivity index (χ4n) is 7.88. The number of rotatable bonds is 2. The van der Waals surface area contributed by atoms with Gasteiger partial charge in [0.05, 0.1) is 34.2 Å². The summed E-state index contributed by atoms with van der Waals surface area (Å²) in [7, 11) is 0. The lowest BCUT2D eigenvalue weighted by Crippen LogP contribution is -2.01. The summed E-state index contributed by atoms with van der Waals surface area (Å²) in [4.78, 5) is 14.5. The number of aromatic nitrogens is 5. The van der Waals surface area contributed by atoms with Crippen LogP contribution in [0.25, 0.3) is 100 Å². The van der Waals surface area contributed by atoms with Crippen LogP contribution in [0.2, 0.25) is 0 Å². The quantitative estimate of drug-likeness (QED) is 0.191. The van der Waals surface area contributed by atoms with Crippen molar-refractivity contribution in [2.75, 3.05) is 0 Å². The first-order chi connectivity index (χ1) is 24.3. The molecule has 0 fully saturated rings. The Balaban J connectivity index is 1.17. The fourth-order valence-corrected chi connectivity index (χ4v) is 7.88. The van der Waals surface area contributed by atoms with E-state index < -0.39 is 0 Å². The molecule has 0 aliphatic heterocycles. The Morgan fingerprint density at radius 3 is 1.84 bits per heavy atom. The summed E-state index contributed by atoms with van der Waals surface area (Å²) >= 11 is 0. The number of hydrogen-bond acceptors (Lipinski definition) is 4. The van der Waals surface area contributed by atoms with Crippen LogP contribution < -0.4 is 0 Å². The largest absolute Gasteiger partial charge is 0.464 e. The van der Waals surface area contributed by atoms with Gasteiger partial charge in [-0.15, -0.1) is 0 Å². The van der Waals surface area contributed by atoms with Crippen molar-refractivity contribution in [3.63, 3.8) is 0 Å². The van der Waals surface area contributed by atoms with E-state index in [0.717, 1.165) is 83.9 Å². The molecule has 11 rings (SSSR count). The van der Waals surface area contributed by atoms with E-state index in [1.165, 1.54) is 16.2 Å². The van der Waals surface area contributed by atoms with Crippen LogP contribution in [0.5, 0.6) is 0 Å². The maximum atomic E-state index is 6.21. The van der Waals surface area contributed by atoms with Crippen LogP contribution >= 0.6 is 0 Å². The first kappa shape index (κ1) is 26.3. The zero-order chi connectivity index (χ0) is 32.1. The van der Waals surface area contributed by atoms with Crippen molar-refractivity contribution in [3.05, 3.63) is 152 Å². The molecule has 0 amide bonds. The zero-order valence-corrected chi connectivity index (χ0v) is 26.1. The SMILES string of the molecule is c1cnc2c(c1)-c1cc(-n3c4ccccc4c4cc(-n5c6ccccc6c6cccnc65)ccc43)ccc1-c1occc1-c1cccnc1-2. The third-order valence-corrected chi connectivity index (χ3v) is 9.94. The van der Waals surface area contributed by atoms with Crippen molar-refractivity contribution in [1.82, 2.24) is 24.1 Å². The van der Waals surface area contributed by atoms with Gasteiger partial charge in [-0.1, -0.05) is 48.5 Å². The van der Waals surface area contributed by atoms with E-state index in [9.17, 15) is 0 Å². The Bertz CT molecular complexity index is 2910. The summed E-state index contributed by atoms with van der Waals surface area (Å²) in [5, 5.41) is 4.71. The van der Waals surface area contributed by atoms with E-state index in [0.29, 0.717) is 0 Å². The second-order valence-electron chi connectivity index (χ2n) is 12.5. The Labute approximate surface area is 280 Å². The molecule has 6 nitrogen and oxygen atoms in total. The van der Waals surface area contributed by atoms with E-state index in [1.54, 1.807) is 6.26 Å². The summed E-state index contributed by atoms with van der Waals surface area (Å²) in [6.45, 7) is 0. The average Bonchev–Trinajstić information content (AvgIpc) is 3.87. The highest BCUT2D eigenvalue weighted by atomic mass is 16.3. The second-order valence-corrected chi connectivity index (χ2v) is 12.5. The van der Waals surface area contributed by atoms with Gasteiger partial charge < -0.3 is 8.98 Å². The molecule has 0 saturated carbocycles. The monoisotopic (exact) mass is 627 g/mol. The van der Waals surface area contributed by atoms with Crippen LogP contribution in [0, 0.1) is 0 Å². The van der Waals surface area contributed by atoms with E-state index in [1.807, 2.05) is 42.9 Å². The van der Waals surface area contributed by atoms with E-state index in [4.69, 9.17) is 19.4 Å². The minimum atomic E-state index is 0.831. The van der Waals surface area contributed by atoms with E-state index >= 15 is 0 Å². The van der Waals surface area contributed by atoms with Gasteiger partial charge in [-0.3, -0.25) is 14.5 Å². The number of hydrogen-bond donors (Lipinski definition) is 0. The molecule has 0 saturated heterocycles. The van der Waals surface area contributed by atoms with Crippen molar-refractivity contribution in [2.45, 2.75) is 0 Å². The molecular weight excluding hydrogens is 603 g/mol. The predicted molar refractivity (Wildman–Crippen MR) is 196 cm³/mol. The summed E-state index contributed by atoms with van der Waals surface area (Å²) < 4.78 is 10.8. The number of furan rings is 1. The number of pyridine rings is 3. The molecule has 6 aromatic heterocycles. The van der Waals surface area contributed by atoms with Crippen LogP contribution in [0.3, 0.4) is 0 Å². The van der Waals surface area contributed by atoms with Gasteiger partial charge in [-0.2, -0.15) is 0 Å². The lowest BCUT2D eigenvalue weighted by atomic mass is 9.88. The molecule has 6 heterocycles. The molecule has 4 aromatic carbocycles. The smallest absolute Gasteiger partial charge is 0.145 e. The molecule has 0 radical (unpaired) electrons. The van der Waals surface area contributed by atoms with Crippen LogP contribution in [0.15, 0.2) is 157 Å². The Morgan fingerprint density at radius 1 is 0.408 bits per heavy atom. The maximum Gasteiger partial charge on any atom is 0.145 e. The minimum Gasteiger partial charge on any atom is -0.464 e. The normalized spacial score (nSPS) is 12.1. The van der Waals surface area contributed by atoms with Crippen LogP contribution in [0.4, 0.5) is 0 Å². The van der Waals surface area contributed by atoms with Crippen LogP contribution in [0.1, 0.15) is 0 Å². The molecule has 0 unspecified atom stereocenters. The van der Waals surface area contributed by atoms with Crippen molar-refractivity contribution in [2.24, 2.45) is 0 Å². The van der Waals surface area contributed by atoms with Gasteiger partial charge in [0.15, 0.2) is 0 Å². The summed E-state index contributed by atoms with van der Waals surface area (Å²) in [6.07, 6.45) is 7.31. The molecule has 228 valence electrons. The fraction of sp³-hybridized carbons (Fsp3) is 0. The Kier molecular flexibility index (Phi) is 5.29. The van der Waals surface area contributed by atoms with Gasteiger partial charge in [0.2, 0.25) is 0 Å². The van der Waals surface area contributed by atoms with Gasteiger partial charge in [0, 0.05) is 73.8 Å². The number of para-hydroxylation sites is 2. The van der Waals surface area contributed by atoms with Gasteiger partial charge >= 0.3 is 0 Å². The molecule has 0 bridgehead atoms. The zero-order valence-electron chi connectivity index (χ0n) is 26.1. The average molecular weight is 628 g/mol. The minimum absolute atomic E-state index is 0.831. The topological polar surface area (TPSA) is 61.7 Å². The van der Waals surface area contributed by atoms with Crippen molar-refractivity contribution < 1.29 is 4.42 Å². The molecule has 0 atom stereocenters. The standard InChI is InChI=1S/C43H25N5O/c1-4-14-38-28(8-1)34-12-7-22-46-43(34)48(38)27-16-18-39-36(25-27)29-9-2-3-13-37(29)47(39)26-15-17-32-35(24-26)31-11-6-21-45-41(31)40-30(10-5-20-44-40)33-19-23-49-42(32)33/h1-25H. The highest BCUT2D eigenvalue weighted by Gasteiger charge is 2.26. The lowest BCUT2D eigenvalue weighted by molar-refractivity contribution is 0.583. The van der Waals surface area contributed by atoms with E-state index in [2.05, 4.69) is 112 Å². The first-order valence-corrected chi connectivity index (χ1v) is 16.3. The van der Waals surface area contributed by atoms with E-state index in [-0.39, 0.29) is 0 Å². The van der Waals surface area contributed by atoms with Crippen LogP contribution in [-0.2, 0) is 0 Å². The second kappa shape index (κ2) is 9.86. The van der Waals surface area contributed by atoms with Crippen molar-refractivity contribution in [1.29, 1.82) is 0 Å². The maximum absolute atomic E-state index is 6.21. The Hall–Kier alpha value is -6.79. The Morgan fingerprint density at radius 2 is 1.02 bits per heavy atom. The molecule has 10 aromatic rings. The first-order valence-electron chi connectivity index (χ1n) is 16.3. The molecule has 0 N–H and O–H groups in total. The van der Waals surface area contributed by atoms with Gasteiger partial charge in [-0.05, 0) is 84.4 Å². The predicted octanol–water partition coefficient (Wildman–Crippen LogP) is 10.6. The molecule has 0 spiro atoms. The molecular formula is C43H25N5O. The number of nitrogens with zero attached hydrogens (tertiary/aromatic N) is 5. The molecule has 1 aliphatic carbocycles.